The normalized spacial score (nSPS) is 10.8. The highest BCUT2D eigenvalue weighted by atomic mass is 35.5. The molecule has 1 amide bonds. The number of carbonyl (C=O) groups is 1. The summed E-state index contributed by atoms with van der Waals surface area (Å²) in [5.74, 6) is 0.0420. The van der Waals surface area contributed by atoms with Gasteiger partial charge in [0.05, 0.1) is 22.6 Å². The maximum Gasteiger partial charge on any atom is 0.234 e. The van der Waals surface area contributed by atoms with Crippen molar-refractivity contribution in [1.29, 1.82) is 5.26 Å². The van der Waals surface area contributed by atoms with Gasteiger partial charge in [-0.2, -0.15) is 5.26 Å². The van der Waals surface area contributed by atoms with Crippen LogP contribution in [0.15, 0.2) is 47.6 Å². The van der Waals surface area contributed by atoms with E-state index < -0.39 is 0 Å². The van der Waals surface area contributed by atoms with Crippen LogP contribution in [0.4, 0.5) is 10.1 Å². The van der Waals surface area contributed by atoms with Crippen molar-refractivity contribution in [2.45, 2.75) is 25.5 Å². The van der Waals surface area contributed by atoms with Crippen LogP contribution in [-0.2, 0) is 11.3 Å². The van der Waals surface area contributed by atoms with Gasteiger partial charge in [0.2, 0.25) is 5.91 Å². The number of hydrogen-bond acceptors (Lipinski definition) is 5. The summed E-state index contributed by atoms with van der Waals surface area (Å²) in [6.07, 6.45) is 0. The van der Waals surface area contributed by atoms with Crippen LogP contribution in [0.3, 0.4) is 0 Å². The molecule has 0 aliphatic heterocycles. The summed E-state index contributed by atoms with van der Waals surface area (Å²) in [6, 6.07) is 13.1. The molecule has 0 fully saturated rings. The zero-order valence-electron chi connectivity index (χ0n) is 16.4. The molecule has 6 nitrogen and oxygen atoms in total. The second-order valence-electron chi connectivity index (χ2n) is 6.93. The minimum Gasteiger partial charge on any atom is -0.324 e. The van der Waals surface area contributed by atoms with Gasteiger partial charge >= 0.3 is 0 Å². The maximum atomic E-state index is 14.3. The van der Waals surface area contributed by atoms with Crippen LogP contribution >= 0.6 is 23.4 Å². The van der Waals surface area contributed by atoms with Gasteiger partial charge in [-0.15, -0.1) is 10.2 Å². The molecular weight excluding hydrogens is 425 g/mol. The molecule has 1 aromatic heterocycles. The first-order valence-corrected chi connectivity index (χ1v) is 10.6. The monoisotopic (exact) mass is 443 g/mol. The molecule has 154 valence electrons. The van der Waals surface area contributed by atoms with E-state index in [0.717, 1.165) is 0 Å². The van der Waals surface area contributed by atoms with Gasteiger partial charge in [0, 0.05) is 11.6 Å². The van der Waals surface area contributed by atoms with Crippen LogP contribution < -0.4 is 5.32 Å². The lowest BCUT2D eigenvalue weighted by Gasteiger charge is -2.13. The third-order valence-electron chi connectivity index (χ3n) is 4.09. The number of thioether (sulfide) groups is 1. The summed E-state index contributed by atoms with van der Waals surface area (Å²) < 4.78 is 16.1. The Morgan fingerprint density at radius 2 is 2.07 bits per heavy atom. The van der Waals surface area contributed by atoms with Gasteiger partial charge in [0.25, 0.3) is 0 Å². The molecule has 0 atom stereocenters. The van der Waals surface area contributed by atoms with Crippen molar-refractivity contribution in [3.05, 3.63) is 58.9 Å². The van der Waals surface area contributed by atoms with Crippen LogP contribution in [0.2, 0.25) is 5.02 Å². The fraction of sp³-hybridized carbons (Fsp3) is 0.238. The molecule has 30 heavy (non-hydrogen) atoms. The Labute approximate surface area is 183 Å². The molecule has 0 saturated heterocycles. The van der Waals surface area contributed by atoms with Crippen LogP contribution in [0.5, 0.6) is 0 Å². The van der Waals surface area contributed by atoms with Crippen molar-refractivity contribution in [2.24, 2.45) is 5.92 Å². The number of amides is 1. The second kappa shape index (κ2) is 9.74. The Hall–Kier alpha value is -2.89. The summed E-state index contributed by atoms with van der Waals surface area (Å²) in [5.41, 5.74) is 1.04. The lowest BCUT2D eigenvalue weighted by molar-refractivity contribution is -0.113. The standard InChI is InChI=1S/C21H19ClFN5OS/c1-13(2)11-28-20(16-5-3-4-6-17(16)23)26-27-21(28)30-12-19(29)25-18-9-15(22)8-7-14(18)10-24/h3-9,13H,11-12H2,1-2H3,(H,25,29). The Morgan fingerprint density at radius 1 is 1.30 bits per heavy atom. The zero-order chi connectivity index (χ0) is 21.7. The number of anilines is 1. The number of hydrogen-bond donors (Lipinski definition) is 1. The number of halogens is 2. The van der Waals surface area contributed by atoms with Crippen LogP contribution in [0.1, 0.15) is 19.4 Å². The molecule has 0 saturated carbocycles. The predicted octanol–water partition coefficient (Wildman–Crippen LogP) is 5.00. The fourth-order valence-electron chi connectivity index (χ4n) is 2.80. The number of rotatable bonds is 7. The topological polar surface area (TPSA) is 83.6 Å². The molecule has 1 N–H and O–H groups in total. The largest absolute Gasteiger partial charge is 0.324 e. The molecule has 0 aliphatic carbocycles. The minimum absolute atomic E-state index is 0.0465. The Kier molecular flexibility index (Phi) is 7.08. The van der Waals surface area contributed by atoms with Crippen molar-refractivity contribution in [3.63, 3.8) is 0 Å². The van der Waals surface area contributed by atoms with Crippen LogP contribution in [0, 0.1) is 23.1 Å². The van der Waals surface area contributed by atoms with Gasteiger partial charge in [-0.1, -0.05) is 49.3 Å². The fourth-order valence-corrected chi connectivity index (χ4v) is 3.72. The van der Waals surface area contributed by atoms with Crippen molar-refractivity contribution in [2.75, 3.05) is 11.1 Å². The van der Waals surface area contributed by atoms with Gasteiger partial charge in [0.1, 0.15) is 11.9 Å². The average molecular weight is 444 g/mol. The number of nitriles is 1. The predicted molar refractivity (Wildman–Crippen MR) is 116 cm³/mol. The van der Waals surface area contributed by atoms with Gasteiger partial charge < -0.3 is 9.88 Å². The van der Waals surface area contributed by atoms with E-state index in [9.17, 15) is 14.4 Å². The summed E-state index contributed by atoms with van der Waals surface area (Å²) in [6.45, 7) is 4.65. The highest BCUT2D eigenvalue weighted by Crippen LogP contribution is 2.27. The molecule has 0 spiro atoms. The van der Waals surface area contributed by atoms with Crippen LogP contribution in [-0.4, -0.2) is 26.4 Å². The summed E-state index contributed by atoms with van der Waals surface area (Å²) in [5, 5.41) is 21.1. The van der Waals surface area contributed by atoms with Crippen LogP contribution in [0.25, 0.3) is 11.4 Å². The summed E-state index contributed by atoms with van der Waals surface area (Å²) in [7, 11) is 0. The number of nitrogens with one attached hydrogen (secondary N) is 1. The van der Waals surface area contributed by atoms with Crippen molar-refractivity contribution in [1.82, 2.24) is 14.8 Å². The molecule has 3 aromatic rings. The van der Waals surface area contributed by atoms with Gasteiger partial charge in [-0.25, -0.2) is 4.39 Å². The third kappa shape index (κ3) is 5.17. The van der Waals surface area contributed by atoms with E-state index in [1.54, 1.807) is 30.3 Å². The molecule has 0 radical (unpaired) electrons. The lowest BCUT2D eigenvalue weighted by Crippen LogP contribution is -2.16. The number of carbonyl (C=O) groups excluding carboxylic acids is 1. The van der Waals surface area contributed by atoms with E-state index in [2.05, 4.69) is 15.5 Å². The third-order valence-corrected chi connectivity index (χ3v) is 5.29. The van der Waals surface area contributed by atoms with E-state index in [4.69, 9.17) is 11.6 Å². The van der Waals surface area contributed by atoms with Crippen molar-refractivity contribution in [3.8, 4) is 17.5 Å². The number of aromatic nitrogens is 3. The minimum atomic E-state index is -0.380. The van der Waals surface area contributed by atoms with Crippen molar-refractivity contribution < 1.29 is 9.18 Å². The van der Waals surface area contributed by atoms with E-state index in [0.29, 0.717) is 39.4 Å². The van der Waals surface area contributed by atoms with Gasteiger partial charge in [-0.3, -0.25) is 4.79 Å². The first kappa shape index (κ1) is 21.8. The molecule has 2 aromatic carbocycles. The SMILES string of the molecule is CC(C)Cn1c(SCC(=O)Nc2cc(Cl)ccc2C#N)nnc1-c1ccccc1F. The Morgan fingerprint density at radius 3 is 2.77 bits per heavy atom. The molecule has 0 aliphatic rings. The molecule has 3 rings (SSSR count). The van der Waals surface area contributed by atoms with E-state index in [1.165, 1.54) is 23.9 Å². The smallest absolute Gasteiger partial charge is 0.234 e. The molecule has 0 bridgehead atoms. The first-order valence-electron chi connectivity index (χ1n) is 9.19. The van der Waals surface area contributed by atoms with Gasteiger partial charge in [-0.05, 0) is 36.2 Å². The second-order valence-corrected chi connectivity index (χ2v) is 8.31. The average Bonchev–Trinajstić information content (AvgIpc) is 3.08. The first-order chi connectivity index (χ1) is 14.4. The molecular formula is C21H19ClFN5OS. The van der Waals surface area contributed by atoms with E-state index >= 15 is 0 Å². The highest BCUT2D eigenvalue weighted by molar-refractivity contribution is 7.99. The quantitative estimate of drug-likeness (QED) is 0.519. The molecule has 9 heteroatoms. The highest BCUT2D eigenvalue weighted by Gasteiger charge is 2.19. The molecule has 1 heterocycles. The summed E-state index contributed by atoms with van der Waals surface area (Å²) in [4.78, 5) is 12.4. The van der Waals surface area contributed by atoms with E-state index in [-0.39, 0.29) is 23.4 Å². The number of benzene rings is 2. The van der Waals surface area contributed by atoms with E-state index in [1.807, 2.05) is 24.5 Å². The lowest BCUT2D eigenvalue weighted by atomic mass is 10.2. The molecule has 0 unspecified atom stereocenters. The zero-order valence-corrected chi connectivity index (χ0v) is 18.0. The maximum absolute atomic E-state index is 14.3. The van der Waals surface area contributed by atoms with Crippen molar-refractivity contribution >= 4 is 35.0 Å². The Bertz CT molecular complexity index is 1110. The number of nitrogens with zero attached hydrogens (tertiary/aromatic N) is 4. The summed E-state index contributed by atoms with van der Waals surface area (Å²) >= 11 is 7.15. The van der Waals surface area contributed by atoms with Gasteiger partial charge in [0.15, 0.2) is 11.0 Å². The Balaban J connectivity index is 1.79.